The SMILES string of the molecule is Clc1cc(N2CCc3[nH]ncc3C2)nc2[nH]ccc12. The fourth-order valence-electron chi connectivity index (χ4n) is 2.56. The molecule has 0 amide bonds. The summed E-state index contributed by atoms with van der Waals surface area (Å²) in [6.07, 6.45) is 4.70. The van der Waals surface area contributed by atoms with Gasteiger partial charge in [0.1, 0.15) is 11.5 Å². The Kier molecular flexibility index (Phi) is 2.29. The number of fused-ring (bicyclic) bond motifs is 2. The van der Waals surface area contributed by atoms with Crippen molar-refractivity contribution in [1.82, 2.24) is 20.2 Å². The Balaban J connectivity index is 1.75. The van der Waals surface area contributed by atoms with Crippen LogP contribution in [-0.4, -0.2) is 26.7 Å². The summed E-state index contributed by atoms with van der Waals surface area (Å²) in [5.74, 6) is 0.909. The third-order valence-electron chi connectivity index (χ3n) is 3.59. The van der Waals surface area contributed by atoms with Crippen molar-refractivity contribution in [2.24, 2.45) is 0 Å². The zero-order valence-corrected chi connectivity index (χ0v) is 10.9. The topological polar surface area (TPSA) is 60.6 Å². The molecule has 0 saturated heterocycles. The van der Waals surface area contributed by atoms with Crippen LogP contribution >= 0.6 is 11.6 Å². The maximum atomic E-state index is 6.30. The van der Waals surface area contributed by atoms with E-state index in [-0.39, 0.29) is 0 Å². The Bertz CT molecular complexity index is 744. The highest BCUT2D eigenvalue weighted by atomic mass is 35.5. The van der Waals surface area contributed by atoms with Gasteiger partial charge in [0.05, 0.1) is 11.2 Å². The zero-order valence-electron chi connectivity index (χ0n) is 10.2. The van der Waals surface area contributed by atoms with Gasteiger partial charge < -0.3 is 9.88 Å². The van der Waals surface area contributed by atoms with E-state index in [9.17, 15) is 0 Å². The quantitative estimate of drug-likeness (QED) is 0.716. The van der Waals surface area contributed by atoms with E-state index in [2.05, 4.69) is 25.1 Å². The number of pyridine rings is 1. The average molecular weight is 274 g/mol. The molecule has 4 rings (SSSR count). The molecule has 1 aliphatic heterocycles. The van der Waals surface area contributed by atoms with Crippen LogP contribution in [0.3, 0.4) is 0 Å². The summed E-state index contributed by atoms with van der Waals surface area (Å²) in [4.78, 5) is 9.97. The smallest absolute Gasteiger partial charge is 0.141 e. The molecule has 0 aliphatic carbocycles. The van der Waals surface area contributed by atoms with E-state index in [0.717, 1.165) is 41.4 Å². The summed E-state index contributed by atoms with van der Waals surface area (Å²) in [6, 6.07) is 3.88. The van der Waals surface area contributed by atoms with Gasteiger partial charge in [-0.3, -0.25) is 5.10 Å². The van der Waals surface area contributed by atoms with Gasteiger partial charge in [-0.1, -0.05) is 11.6 Å². The monoisotopic (exact) mass is 273 g/mol. The van der Waals surface area contributed by atoms with Gasteiger partial charge in [0.25, 0.3) is 0 Å². The van der Waals surface area contributed by atoms with E-state index in [4.69, 9.17) is 11.6 Å². The van der Waals surface area contributed by atoms with Crippen molar-refractivity contribution in [3.63, 3.8) is 0 Å². The van der Waals surface area contributed by atoms with E-state index < -0.39 is 0 Å². The molecule has 1 aliphatic rings. The number of aromatic nitrogens is 4. The first-order valence-electron chi connectivity index (χ1n) is 6.21. The van der Waals surface area contributed by atoms with Crippen LogP contribution in [0.15, 0.2) is 24.5 Å². The van der Waals surface area contributed by atoms with Crippen molar-refractivity contribution in [1.29, 1.82) is 0 Å². The van der Waals surface area contributed by atoms with Crippen molar-refractivity contribution < 1.29 is 0 Å². The highest BCUT2D eigenvalue weighted by molar-refractivity contribution is 6.35. The van der Waals surface area contributed by atoms with Crippen molar-refractivity contribution >= 4 is 28.5 Å². The van der Waals surface area contributed by atoms with E-state index in [1.807, 2.05) is 24.5 Å². The maximum Gasteiger partial charge on any atom is 0.141 e. The molecule has 0 saturated carbocycles. The second-order valence-corrected chi connectivity index (χ2v) is 5.15. The van der Waals surface area contributed by atoms with Gasteiger partial charge in [0, 0.05) is 48.4 Å². The molecule has 4 heterocycles. The third kappa shape index (κ3) is 1.69. The van der Waals surface area contributed by atoms with Gasteiger partial charge >= 0.3 is 0 Å². The molecular weight excluding hydrogens is 262 g/mol. The Hall–Kier alpha value is -2.01. The number of hydrogen-bond acceptors (Lipinski definition) is 3. The number of nitrogens with zero attached hydrogens (tertiary/aromatic N) is 3. The largest absolute Gasteiger partial charge is 0.352 e. The van der Waals surface area contributed by atoms with Gasteiger partial charge in [-0.05, 0) is 6.07 Å². The van der Waals surface area contributed by atoms with Crippen LogP contribution in [0.2, 0.25) is 5.02 Å². The van der Waals surface area contributed by atoms with E-state index in [1.165, 1.54) is 11.3 Å². The Morgan fingerprint density at radius 1 is 1.37 bits per heavy atom. The molecule has 0 radical (unpaired) electrons. The average Bonchev–Trinajstić information content (AvgIpc) is 3.06. The number of halogens is 1. The molecule has 3 aromatic heterocycles. The highest BCUT2D eigenvalue weighted by Gasteiger charge is 2.19. The van der Waals surface area contributed by atoms with Gasteiger partial charge in [-0.2, -0.15) is 5.10 Å². The standard InChI is InChI=1S/C13H12ClN5/c14-10-5-12(17-13-9(10)1-3-15-13)19-4-2-11-8(7-19)6-16-18-11/h1,3,5-6H,2,4,7H2,(H,15,17)(H,16,18). The molecule has 0 bridgehead atoms. The van der Waals surface area contributed by atoms with Crippen LogP contribution in [0.1, 0.15) is 11.3 Å². The first-order valence-corrected chi connectivity index (χ1v) is 6.59. The van der Waals surface area contributed by atoms with Gasteiger partial charge in [0.15, 0.2) is 0 Å². The molecule has 0 unspecified atom stereocenters. The van der Waals surface area contributed by atoms with Crippen LogP contribution in [0.4, 0.5) is 5.82 Å². The van der Waals surface area contributed by atoms with Gasteiger partial charge in [-0.25, -0.2) is 4.98 Å². The van der Waals surface area contributed by atoms with Crippen LogP contribution in [0, 0.1) is 0 Å². The third-order valence-corrected chi connectivity index (χ3v) is 3.90. The fourth-order valence-corrected chi connectivity index (χ4v) is 2.81. The summed E-state index contributed by atoms with van der Waals surface area (Å²) in [5.41, 5.74) is 3.29. The predicted molar refractivity (Wildman–Crippen MR) is 74.4 cm³/mol. The molecule has 2 N–H and O–H groups in total. The lowest BCUT2D eigenvalue weighted by atomic mass is 10.1. The van der Waals surface area contributed by atoms with Crippen molar-refractivity contribution in [3.05, 3.63) is 40.8 Å². The zero-order chi connectivity index (χ0) is 12.8. The molecule has 6 heteroatoms. The number of anilines is 1. The number of rotatable bonds is 1. The molecule has 0 aromatic carbocycles. The Morgan fingerprint density at radius 3 is 3.26 bits per heavy atom. The summed E-state index contributed by atoms with van der Waals surface area (Å²) in [6.45, 7) is 1.74. The van der Waals surface area contributed by atoms with E-state index in [0.29, 0.717) is 0 Å². The minimum atomic E-state index is 0.735. The van der Waals surface area contributed by atoms with Crippen molar-refractivity contribution in [2.75, 3.05) is 11.4 Å². The number of H-pyrrole nitrogens is 2. The summed E-state index contributed by atoms with van der Waals surface area (Å²) < 4.78 is 0. The molecular formula is C13H12ClN5. The van der Waals surface area contributed by atoms with Crippen LogP contribution < -0.4 is 4.90 Å². The minimum absolute atomic E-state index is 0.735. The normalized spacial score (nSPS) is 14.9. The van der Waals surface area contributed by atoms with E-state index >= 15 is 0 Å². The summed E-state index contributed by atoms with van der Waals surface area (Å²) in [7, 11) is 0. The van der Waals surface area contributed by atoms with Crippen molar-refractivity contribution in [2.45, 2.75) is 13.0 Å². The number of aromatic amines is 2. The highest BCUT2D eigenvalue weighted by Crippen LogP contribution is 2.28. The maximum absolute atomic E-state index is 6.30. The lowest BCUT2D eigenvalue weighted by Gasteiger charge is -2.27. The molecule has 96 valence electrons. The summed E-state index contributed by atoms with van der Waals surface area (Å²) in [5, 5.41) is 8.82. The molecule has 19 heavy (non-hydrogen) atoms. The Morgan fingerprint density at radius 2 is 2.32 bits per heavy atom. The first-order chi connectivity index (χ1) is 9.31. The molecule has 0 fully saturated rings. The molecule has 5 nitrogen and oxygen atoms in total. The lowest BCUT2D eigenvalue weighted by molar-refractivity contribution is 0.712. The van der Waals surface area contributed by atoms with Crippen LogP contribution in [0.25, 0.3) is 11.0 Å². The van der Waals surface area contributed by atoms with E-state index in [1.54, 1.807) is 0 Å². The first kappa shape index (κ1) is 10.9. The second kappa shape index (κ2) is 3.99. The lowest BCUT2D eigenvalue weighted by Crippen LogP contribution is -2.30. The molecule has 3 aromatic rings. The summed E-state index contributed by atoms with van der Waals surface area (Å²) >= 11 is 6.30. The molecule has 0 spiro atoms. The van der Waals surface area contributed by atoms with Gasteiger partial charge in [-0.15, -0.1) is 0 Å². The minimum Gasteiger partial charge on any atom is -0.352 e. The van der Waals surface area contributed by atoms with Gasteiger partial charge in [0.2, 0.25) is 0 Å². The number of nitrogens with one attached hydrogen (secondary N) is 2. The fraction of sp³-hybridized carbons (Fsp3) is 0.231. The van der Waals surface area contributed by atoms with Crippen LogP contribution in [0.5, 0.6) is 0 Å². The second-order valence-electron chi connectivity index (χ2n) is 4.75. The van der Waals surface area contributed by atoms with Crippen LogP contribution in [-0.2, 0) is 13.0 Å². The Labute approximate surface area is 114 Å². The molecule has 0 atom stereocenters. The predicted octanol–water partition coefficient (Wildman–Crippen LogP) is 2.50. The van der Waals surface area contributed by atoms with Crippen molar-refractivity contribution in [3.8, 4) is 0 Å². The number of hydrogen-bond donors (Lipinski definition) is 2.